The molecule has 0 spiro atoms. The number of hydrogen-bond acceptors (Lipinski definition) is 4. The third-order valence-electron chi connectivity index (χ3n) is 4.52. The largest absolute Gasteiger partial charge is 0.497 e. The first kappa shape index (κ1) is 23.1. The molecule has 5 heteroatoms. The molecule has 2 rings (SSSR count). The second kappa shape index (κ2) is 10.5. The molecule has 0 heterocycles. The molecule has 0 N–H and O–H groups in total. The maximum Gasteiger partial charge on any atom is 0.303 e. The Hall–Kier alpha value is -2.20. The fourth-order valence-corrected chi connectivity index (χ4v) is 7.51. The Morgan fingerprint density at radius 3 is 2.21 bits per heavy atom. The van der Waals surface area contributed by atoms with Crippen LogP contribution >= 0.6 is 11.8 Å². The van der Waals surface area contributed by atoms with Crippen LogP contribution in [-0.2, 0) is 15.3 Å². The fraction of sp³-hybridized carbons (Fsp3) is 0.333. The third kappa shape index (κ3) is 6.67. The molecule has 0 aliphatic carbocycles. The van der Waals surface area contributed by atoms with E-state index in [0.717, 1.165) is 22.6 Å². The van der Waals surface area contributed by atoms with E-state index >= 15 is 0 Å². The minimum Gasteiger partial charge on any atom is -0.497 e. The van der Waals surface area contributed by atoms with E-state index < -0.39 is 14.2 Å². The van der Waals surface area contributed by atoms with Crippen molar-refractivity contribution in [3.63, 3.8) is 0 Å². The number of esters is 1. The SMILES string of the molecule is C=C=C(C(OC(C)=O)c1ccccc1)C(SCc1ccc(OC)cc1)[Si](C)(C)C. The molecule has 0 aliphatic heterocycles. The summed E-state index contributed by atoms with van der Waals surface area (Å²) in [5, 5.41) is 0. The van der Waals surface area contributed by atoms with Gasteiger partial charge in [-0.3, -0.25) is 4.79 Å². The summed E-state index contributed by atoms with van der Waals surface area (Å²) in [4.78, 5) is 12.1. The van der Waals surface area contributed by atoms with Crippen molar-refractivity contribution in [2.24, 2.45) is 0 Å². The normalized spacial score (nSPS) is 13.1. The summed E-state index contributed by atoms with van der Waals surface area (Å²) in [5.41, 5.74) is 6.27. The standard InChI is InChI=1S/C24H30O3SSi/c1-7-22(23(27-18(2)25)20-11-9-8-10-12-20)24(29(4,5)6)28-17-19-13-15-21(26-3)16-14-19/h8-16,23-24H,1,17H2,2-6H3. The summed E-state index contributed by atoms with van der Waals surface area (Å²) in [5.74, 6) is 1.40. The monoisotopic (exact) mass is 426 g/mol. The second-order valence-corrected chi connectivity index (χ2v) is 14.8. The molecule has 0 amide bonds. The summed E-state index contributed by atoms with van der Waals surface area (Å²) in [6, 6.07) is 18.0. The number of benzene rings is 2. The van der Waals surface area contributed by atoms with Gasteiger partial charge in [0.1, 0.15) is 5.75 Å². The van der Waals surface area contributed by atoms with Crippen LogP contribution in [0.15, 0.2) is 72.5 Å². The smallest absolute Gasteiger partial charge is 0.303 e. The average molecular weight is 427 g/mol. The van der Waals surface area contributed by atoms with Crippen molar-refractivity contribution in [1.82, 2.24) is 0 Å². The van der Waals surface area contributed by atoms with Gasteiger partial charge in [0.15, 0.2) is 6.10 Å². The van der Waals surface area contributed by atoms with Gasteiger partial charge < -0.3 is 9.47 Å². The van der Waals surface area contributed by atoms with Crippen LogP contribution in [0.1, 0.15) is 24.2 Å². The van der Waals surface area contributed by atoms with Crippen molar-refractivity contribution in [3.05, 3.63) is 83.6 Å². The number of rotatable bonds is 9. The molecule has 2 aromatic rings. The van der Waals surface area contributed by atoms with Gasteiger partial charge in [-0.2, -0.15) is 11.8 Å². The Balaban J connectivity index is 2.33. The van der Waals surface area contributed by atoms with Gasteiger partial charge in [0, 0.05) is 23.1 Å². The van der Waals surface area contributed by atoms with Crippen molar-refractivity contribution in [1.29, 1.82) is 0 Å². The first-order valence-electron chi connectivity index (χ1n) is 9.62. The third-order valence-corrected chi connectivity index (χ3v) is 10.1. The van der Waals surface area contributed by atoms with Crippen LogP contribution < -0.4 is 4.74 Å². The molecule has 2 aromatic carbocycles. The molecule has 29 heavy (non-hydrogen) atoms. The Morgan fingerprint density at radius 1 is 1.10 bits per heavy atom. The lowest BCUT2D eigenvalue weighted by Crippen LogP contribution is -2.39. The predicted molar refractivity (Wildman–Crippen MR) is 125 cm³/mol. The van der Waals surface area contributed by atoms with E-state index in [4.69, 9.17) is 9.47 Å². The molecule has 0 saturated heterocycles. The van der Waals surface area contributed by atoms with Gasteiger partial charge in [0.2, 0.25) is 0 Å². The van der Waals surface area contributed by atoms with Crippen LogP contribution in [0.3, 0.4) is 0 Å². The van der Waals surface area contributed by atoms with E-state index in [0.29, 0.717) is 0 Å². The minimum atomic E-state index is -1.68. The second-order valence-electron chi connectivity index (χ2n) is 7.94. The van der Waals surface area contributed by atoms with Gasteiger partial charge >= 0.3 is 5.97 Å². The quantitative estimate of drug-likeness (QED) is 0.272. The molecular weight excluding hydrogens is 396 g/mol. The maximum absolute atomic E-state index is 11.9. The van der Waals surface area contributed by atoms with Crippen molar-refractivity contribution in [3.8, 4) is 5.75 Å². The number of carbonyl (C=O) groups excluding carboxylic acids is 1. The Labute approximate surface area is 179 Å². The van der Waals surface area contributed by atoms with Gasteiger partial charge in [-0.1, -0.05) is 68.7 Å². The zero-order chi connectivity index (χ0) is 21.4. The van der Waals surface area contributed by atoms with Crippen LogP contribution in [0.4, 0.5) is 0 Å². The van der Waals surface area contributed by atoms with E-state index in [-0.39, 0.29) is 10.8 Å². The molecule has 154 valence electrons. The van der Waals surface area contributed by atoms with Gasteiger partial charge in [0.25, 0.3) is 0 Å². The number of thioether (sulfide) groups is 1. The maximum atomic E-state index is 11.9. The number of ether oxygens (including phenoxy) is 2. The lowest BCUT2D eigenvalue weighted by atomic mass is 10.0. The lowest BCUT2D eigenvalue weighted by molar-refractivity contribution is -0.144. The van der Waals surface area contributed by atoms with E-state index in [1.165, 1.54) is 12.5 Å². The number of carbonyl (C=O) groups is 1. The van der Waals surface area contributed by atoms with Crippen LogP contribution in [-0.4, -0.2) is 26.0 Å². The molecular formula is C24H30O3SSi. The van der Waals surface area contributed by atoms with E-state index in [2.05, 4.69) is 44.1 Å². The van der Waals surface area contributed by atoms with Gasteiger partial charge in [-0.15, -0.1) is 5.73 Å². The number of hydrogen-bond donors (Lipinski definition) is 0. The summed E-state index contributed by atoms with van der Waals surface area (Å²) in [7, 11) is -0.0101. The lowest BCUT2D eigenvalue weighted by Gasteiger charge is -2.33. The predicted octanol–water partition coefficient (Wildman–Crippen LogP) is 6.19. The molecule has 0 saturated carbocycles. The summed E-state index contributed by atoms with van der Waals surface area (Å²) in [6.45, 7) is 12.4. The van der Waals surface area contributed by atoms with E-state index in [1.54, 1.807) is 7.11 Å². The fourth-order valence-electron chi connectivity index (χ4n) is 3.14. The Morgan fingerprint density at radius 2 is 1.72 bits per heavy atom. The Kier molecular flexibility index (Phi) is 8.39. The molecule has 0 aliphatic rings. The van der Waals surface area contributed by atoms with Crippen molar-refractivity contribution in [2.45, 2.75) is 43.3 Å². The Bertz CT molecular complexity index is 850. The first-order valence-corrected chi connectivity index (χ1v) is 14.3. The van der Waals surface area contributed by atoms with Crippen LogP contribution in [0.2, 0.25) is 19.6 Å². The molecule has 2 atom stereocenters. The zero-order valence-electron chi connectivity index (χ0n) is 17.9. The van der Waals surface area contributed by atoms with E-state index in [1.807, 2.05) is 54.2 Å². The highest BCUT2D eigenvalue weighted by Gasteiger charge is 2.36. The molecule has 0 aromatic heterocycles. The van der Waals surface area contributed by atoms with Crippen LogP contribution in [0.25, 0.3) is 0 Å². The number of methoxy groups -OCH3 is 1. The molecule has 0 radical (unpaired) electrons. The molecule has 0 bridgehead atoms. The van der Waals surface area contributed by atoms with Gasteiger partial charge in [-0.25, -0.2) is 0 Å². The molecule has 3 nitrogen and oxygen atoms in total. The van der Waals surface area contributed by atoms with Crippen LogP contribution in [0.5, 0.6) is 5.75 Å². The summed E-state index contributed by atoms with van der Waals surface area (Å²) >= 11 is 1.87. The van der Waals surface area contributed by atoms with Gasteiger partial charge in [-0.05, 0) is 23.3 Å². The topological polar surface area (TPSA) is 35.5 Å². The average Bonchev–Trinajstić information content (AvgIpc) is 2.69. The highest BCUT2D eigenvalue weighted by atomic mass is 32.2. The van der Waals surface area contributed by atoms with Crippen LogP contribution in [0, 0.1) is 0 Å². The summed E-state index contributed by atoms with van der Waals surface area (Å²) < 4.78 is 11.0. The van der Waals surface area contributed by atoms with Crippen molar-refractivity contribution >= 4 is 25.8 Å². The highest BCUT2D eigenvalue weighted by molar-refractivity contribution is 8.01. The zero-order valence-corrected chi connectivity index (χ0v) is 19.7. The summed E-state index contributed by atoms with van der Waals surface area (Å²) in [6.07, 6.45) is -0.466. The molecule has 2 unspecified atom stereocenters. The van der Waals surface area contributed by atoms with Crippen molar-refractivity contribution < 1.29 is 14.3 Å². The highest BCUT2D eigenvalue weighted by Crippen LogP contribution is 2.39. The van der Waals surface area contributed by atoms with E-state index in [9.17, 15) is 4.79 Å². The van der Waals surface area contributed by atoms with Crippen molar-refractivity contribution in [2.75, 3.05) is 7.11 Å². The van der Waals surface area contributed by atoms with Gasteiger partial charge in [0.05, 0.1) is 15.2 Å². The minimum absolute atomic E-state index is 0.201. The molecule has 0 fully saturated rings. The first-order chi connectivity index (χ1) is 13.8.